The number of fused-ring (bicyclic) bond motifs is 5. The van der Waals surface area contributed by atoms with Gasteiger partial charge in [0.05, 0.1) is 6.54 Å². The fourth-order valence-corrected chi connectivity index (χ4v) is 6.10. The zero-order valence-electron chi connectivity index (χ0n) is 20.9. The minimum atomic E-state index is -0.466. The molecule has 0 spiro atoms. The van der Waals surface area contributed by atoms with Crippen LogP contribution in [0, 0.1) is 0 Å². The molecule has 2 N–H and O–H groups in total. The second-order valence-electron chi connectivity index (χ2n) is 10.3. The van der Waals surface area contributed by atoms with Crippen molar-refractivity contribution < 1.29 is 19.7 Å². The zero-order valence-corrected chi connectivity index (χ0v) is 21.7. The van der Waals surface area contributed by atoms with Crippen LogP contribution < -0.4 is 4.90 Å². The maximum Gasteiger partial charge on any atom is 0.306 e. The summed E-state index contributed by atoms with van der Waals surface area (Å²) in [4.78, 5) is 17.3. The Kier molecular flexibility index (Phi) is 7.49. The van der Waals surface area contributed by atoms with Crippen molar-refractivity contribution in [2.75, 3.05) is 37.6 Å². The number of aromatic nitrogens is 1. The van der Waals surface area contributed by atoms with Gasteiger partial charge in [-0.25, -0.2) is 0 Å². The normalized spacial score (nSPS) is 21.7. The first kappa shape index (κ1) is 25.0. The highest BCUT2D eigenvalue weighted by Crippen LogP contribution is 2.56. The molecule has 1 aromatic carbocycles. The number of nitrogens with zero attached hydrogens (tertiary/aromatic N) is 3. The molecule has 5 rings (SSSR count). The number of benzene rings is 1. The number of hydrogen-bond acceptors (Lipinski definition) is 6. The van der Waals surface area contributed by atoms with Gasteiger partial charge in [-0.1, -0.05) is 49.6 Å². The van der Waals surface area contributed by atoms with Crippen LogP contribution in [-0.4, -0.2) is 64.5 Å². The summed E-state index contributed by atoms with van der Waals surface area (Å²) in [5.74, 6) is 0.319. The number of carbonyl (C=O) groups is 1. The molecule has 2 bridgehead atoms. The average Bonchev–Trinajstić information content (AvgIpc) is 3.55. The predicted octanol–water partition coefficient (Wildman–Crippen LogP) is 5.01. The fraction of sp³-hybridized carbons (Fsp3) is 0.536. The average molecular weight is 514 g/mol. The van der Waals surface area contributed by atoms with Crippen molar-refractivity contribution in [3.8, 4) is 11.8 Å². The number of aromatic hydroxyl groups is 2. The second kappa shape index (κ2) is 10.8. The van der Waals surface area contributed by atoms with Crippen molar-refractivity contribution in [3.63, 3.8) is 0 Å². The highest BCUT2D eigenvalue weighted by Gasteiger charge is 2.41. The summed E-state index contributed by atoms with van der Waals surface area (Å²) in [6, 6.07) is 7.90. The maximum atomic E-state index is 12.6. The van der Waals surface area contributed by atoms with E-state index in [0.29, 0.717) is 13.0 Å². The molecular weight excluding hydrogens is 478 g/mol. The van der Waals surface area contributed by atoms with E-state index in [1.807, 2.05) is 18.2 Å². The minimum Gasteiger partial charge on any atom is -0.494 e. The van der Waals surface area contributed by atoms with Crippen molar-refractivity contribution >= 4 is 23.3 Å². The van der Waals surface area contributed by atoms with Crippen molar-refractivity contribution in [1.82, 2.24) is 9.47 Å². The second-order valence-corrected chi connectivity index (χ2v) is 10.7. The Balaban J connectivity index is 1.27. The third-order valence-corrected chi connectivity index (χ3v) is 8.02. The Morgan fingerprint density at radius 2 is 1.75 bits per heavy atom. The molecular formula is C28H36ClN3O4. The first-order chi connectivity index (χ1) is 17.4. The van der Waals surface area contributed by atoms with Crippen LogP contribution in [0.25, 0.3) is 0 Å². The Hall–Kier alpha value is -2.64. The molecule has 3 aliphatic rings. The van der Waals surface area contributed by atoms with Gasteiger partial charge >= 0.3 is 5.97 Å². The highest BCUT2D eigenvalue weighted by atomic mass is 35.5. The molecule has 2 aliphatic carbocycles. The topological polar surface area (TPSA) is 78.2 Å². The summed E-state index contributed by atoms with van der Waals surface area (Å²) in [6.45, 7) is 6.24. The Morgan fingerprint density at radius 1 is 1.06 bits per heavy atom. The number of hydrogen-bond donors (Lipinski definition) is 2. The van der Waals surface area contributed by atoms with Gasteiger partial charge in [0, 0.05) is 72.8 Å². The van der Waals surface area contributed by atoms with E-state index in [1.54, 1.807) is 4.57 Å². The molecule has 2 aromatic rings. The molecule has 3 atom stereocenters. The number of esters is 1. The minimum absolute atomic E-state index is 0.108. The lowest BCUT2D eigenvalue weighted by molar-refractivity contribution is -0.151. The number of piperazine rings is 1. The van der Waals surface area contributed by atoms with Crippen LogP contribution >= 0.6 is 11.6 Å². The molecule has 1 aliphatic heterocycles. The summed E-state index contributed by atoms with van der Waals surface area (Å²) in [5.41, 5.74) is 2.78. The molecule has 0 saturated carbocycles. The Bertz CT molecular complexity index is 1090. The molecule has 194 valence electrons. The number of anilines is 1. The van der Waals surface area contributed by atoms with Crippen LogP contribution in [0.2, 0.25) is 5.02 Å². The number of ether oxygens (including phenoxy) is 1. The molecule has 1 fully saturated rings. The van der Waals surface area contributed by atoms with Gasteiger partial charge in [0.15, 0.2) is 11.8 Å². The van der Waals surface area contributed by atoms with Gasteiger partial charge in [-0.05, 0) is 31.0 Å². The van der Waals surface area contributed by atoms with E-state index in [0.717, 1.165) is 73.7 Å². The van der Waals surface area contributed by atoms with Crippen LogP contribution in [-0.2, 0) is 16.1 Å². The summed E-state index contributed by atoms with van der Waals surface area (Å²) in [5, 5.41) is 22.7. The predicted molar refractivity (Wildman–Crippen MR) is 141 cm³/mol. The van der Waals surface area contributed by atoms with Gasteiger partial charge in [-0.3, -0.25) is 14.3 Å². The van der Waals surface area contributed by atoms with Gasteiger partial charge in [0.25, 0.3) is 0 Å². The number of rotatable bonds is 10. The zero-order chi connectivity index (χ0) is 25.2. The smallest absolute Gasteiger partial charge is 0.306 e. The van der Waals surface area contributed by atoms with E-state index in [1.165, 1.54) is 0 Å². The number of allylic oxidation sites excluding steroid dienone is 2. The monoisotopic (exact) mass is 513 g/mol. The van der Waals surface area contributed by atoms with Crippen LogP contribution in [0.5, 0.6) is 11.8 Å². The van der Waals surface area contributed by atoms with Crippen LogP contribution in [0.4, 0.5) is 5.69 Å². The molecule has 1 aromatic heterocycles. The summed E-state index contributed by atoms with van der Waals surface area (Å²) >= 11 is 6.17. The van der Waals surface area contributed by atoms with E-state index in [-0.39, 0.29) is 36.1 Å². The molecule has 2 heterocycles. The quantitative estimate of drug-likeness (QED) is 0.264. The van der Waals surface area contributed by atoms with E-state index in [9.17, 15) is 15.0 Å². The van der Waals surface area contributed by atoms with Gasteiger partial charge in [-0.15, -0.1) is 0 Å². The van der Waals surface area contributed by atoms with Crippen LogP contribution in [0.1, 0.15) is 62.0 Å². The fourth-order valence-electron chi connectivity index (χ4n) is 5.91. The molecule has 1 saturated heterocycles. The number of unbranched alkanes of at least 4 members (excludes halogenated alkanes) is 2. The molecule has 0 radical (unpaired) electrons. The molecule has 2 unspecified atom stereocenters. The van der Waals surface area contributed by atoms with Gasteiger partial charge < -0.3 is 19.8 Å². The maximum absolute atomic E-state index is 12.6. The third-order valence-electron chi connectivity index (χ3n) is 7.78. The third kappa shape index (κ3) is 5.09. The van der Waals surface area contributed by atoms with Gasteiger partial charge in [0.2, 0.25) is 0 Å². The largest absolute Gasteiger partial charge is 0.494 e. The van der Waals surface area contributed by atoms with Crippen LogP contribution in [0.15, 0.2) is 36.4 Å². The van der Waals surface area contributed by atoms with Crippen molar-refractivity contribution in [1.29, 1.82) is 0 Å². The first-order valence-corrected chi connectivity index (χ1v) is 13.6. The summed E-state index contributed by atoms with van der Waals surface area (Å²) in [7, 11) is 0. The van der Waals surface area contributed by atoms with E-state index >= 15 is 0 Å². The number of halogens is 1. The lowest BCUT2D eigenvalue weighted by atomic mass is 10.0. The highest BCUT2D eigenvalue weighted by molar-refractivity contribution is 6.30. The lowest BCUT2D eigenvalue weighted by Crippen LogP contribution is -2.49. The van der Waals surface area contributed by atoms with Crippen molar-refractivity contribution in [3.05, 3.63) is 52.6 Å². The summed E-state index contributed by atoms with van der Waals surface area (Å²) in [6.07, 6.45) is 7.91. The standard InChI is InChI=1S/C28H36ClN3O4/c1-2-3-4-8-24(33)36-23(17-30-11-13-31(14-12-30)22-7-5-6-21(29)16-22)18-32-27(34)25-19-9-10-20(15-19)26(25)28(32)35/h5-7,9-10,16,19-20,23,34-35H,2-4,8,11-15,17-18H2,1H3/t19-,20?,23?/m0/s1. The van der Waals surface area contributed by atoms with E-state index in [2.05, 4.69) is 34.9 Å². The first-order valence-electron chi connectivity index (χ1n) is 13.2. The SMILES string of the molecule is CCCCCC(=O)OC(CN1CCN(c2cccc(Cl)c2)CC1)Cn1c(O)c2c(c1O)[C@H]1C=CC2C1. The summed E-state index contributed by atoms with van der Waals surface area (Å²) < 4.78 is 7.49. The molecule has 0 amide bonds. The molecule has 36 heavy (non-hydrogen) atoms. The molecule has 7 nitrogen and oxygen atoms in total. The Morgan fingerprint density at radius 3 is 2.39 bits per heavy atom. The van der Waals surface area contributed by atoms with Crippen LogP contribution in [0.3, 0.4) is 0 Å². The number of carbonyl (C=O) groups excluding carboxylic acids is 1. The molecule has 8 heteroatoms. The van der Waals surface area contributed by atoms with E-state index in [4.69, 9.17) is 16.3 Å². The Labute approximate surface area is 217 Å². The van der Waals surface area contributed by atoms with Gasteiger partial charge in [0.1, 0.15) is 6.10 Å². The van der Waals surface area contributed by atoms with Gasteiger partial charge in [-0.2, -0.15) is 0 Å². The van der Waals surface area contributed by atoms with Crippen molar-refractivity contribution in [2.24, 2.45) is 0 Å². The van der Waals surface area contributed by atoms with E-state index < -0.39 is 6.10 Å². The van der Waals surface area contributed by atoms with Crippen molar-refractivity contribution in [2.45, 2.75) is 63.5 Å². The lowest BCUT2D eigenvalue weighted by Gasteiger charge is -2.37.